The summed E-state index contributed by atoms with van der Waals surface area (Å²) in [5.41, 5.74) is 9.75. The molecule has 0 spiro atoms. The molecule has 3 rings (SSSR count). The molecule has 1 aliphatic carbocycles. The van der Waals surface area contributed by atoms with Crippen molar-refractivity contribution in [3.8, 4) is 10.8 Å². The Morgan fingerprint density at radius 1 is 1.45 bits per heavy atom. The smallest absolute Gasteiger partial charge is 0.190 e. The normalized spacial score (nSPS) is 15.7. The van der Waals surface area contributed by atoms with Crippen molar-refractivity contribution < 1.29 is 4.74 Å². The summed E-state index contributed by atoms with van der Waals surface area (Å²) in [5, 5.41) is 0.796. The van der Waals surface area contributed by atoms with E-state index in [9.17, 15) is 0 Å². The first-order valence-electron chi connectivity index (χ1n) is 6.98. The summed E-state index contributed by atoms with van der Waals surface area (Å²) >= 11 is 7.18. The van der Waals surface area contributed by atoms with Crippen molar-refractivity contribution in [3.63, 3.8) is 0 Å². The molecule has 0 radical (unpaired) electrons. The minimum Gasteiger partial charge on any atom is -0.444 e. The second kappa shape index (κ2) is 6.02. The second-order valence-corrected chi connectivity index (χ2v) is 6.44. The van der Waals surface area contributed by atoms with Crippen LogP contribution in [0.15, 0.2) is 36.7 Å². The number of thiocarbonyl (C=S) groups is 1. The van der Waals surface area contributed by atoms with Gasteiger partial charge in [0, 0.05) is 11.1 Å². The predicted octanol–water partition coefficient (Wildman–Crippen LogP) is 4.39. The summed E-state index contributed by atoms with van der Waals surface area (Å²) in [5.74, 6) is 0.744. The maximum absolute atomic E-state index is 6.11. The zero-order valence-electron chi connectivity index (χ0n) is 12.3. The van der Waals surface area contributed by atoms with Gasteiger partial charge in [0.1, 0.15) is 5.75 Å². The highest BCUT2D eigenvalue weighted by molar-refractivity contribution is 7.81. The van der Waals surface area contributed by atoms with E-state index in [1.54, 1.807) is 23.7 Å². The average Bonchev–Trinajstić information content (AvgIpc) is 2.88. The first kappa shape index (κ1) is 14.9. The number of aromatic nitrogens is 1. The van der Waals surface area contributed by atoms with Crippen molar-refractivity contribution >= 4 is 34.5 Å². The molecule has 22 heavy (non-hydrogen) atoms. The molecule has 0 amide bonds. The number of rotatable bonds is 3. The van der Waals surface area contributed by atoms with Gasteiger partial charge in [-0.3, -0.25) is 4.98 Å². The molecule has 0 saturated heterocycles. The Balaban J connectivity index is 2.10. The van der Waals surface area contributed by atoms with Crippen molar-refractivity contribution in [2.24, 2.45) is 5.73 Å². The van der Waals surface area contributed by atoms with Crippen molar-refractivity contribution in [2.75, 3.05) is 0 Å². The summed E-state index contributed by atoms with van der Waals surface area (Å²) in [6, 6.07) is 3.77. The van der Waals surface area contributed by atoms with Gasteiger partial charge < -0.3 is 10.5 Å². The van der Waals surface area contributed by atoms with Gasteiger partial charge in [0.05, 0.1) is 16.1 Å². The third-order valence-corrected chi connectivity index (χ3v) is 5.29. The van der Waals surface area contributed by atoms with Gasteiger partial charge >= 0.3 is 0 Å². The van der Waals surface area contributed by atoms with Crippen LogP contribution in [-0.4, -0.2) is 9.85 Å². The van der Waals surface area contributed by atoms with E-state index in [1.165, 1.54) is 5.56 Å². The molecule has 0 aromatic carbocycles. The Labute approximate surface area is 139 Å². The summed E-state index contributed by atoms with van der Waals surface area (Å²) in [7, 11) is 0. The lowest BCUT2D eigenvalue weighted by Gasteiger charge is -2.18. The van der Waals surface area contributed by atoms with Crippen LogP contribution in [0.4, 0.5) is 0 Å². The number of allylic oxidation sites excluding steroid dienone is 1. The number of nitrogens with two attached hydrogens (primary N) is 1. The minimum absolute atomic E-state index is 0.744. The van der Waals surface area contributed by atoms with Crippen LogP contribution in [0.1, 0.15) is 28.1 Å². The molecule has 0 bridgehead atoms. The molecular formula is C17H16N2OS2. The molecule has 2 heterocycles. The molecule has 2 aromatic rings. The summed E-state index contributed by atoms with van der Waals surface area (Å²) in [6.07, 6.45) is 7.00. The average molecular weight is 328 g/mol. The van der Waals surface area contributed by atoms with E-state index < -0.39 is 0 Å². The molecule has 0 saturated carbocycles. The van der Waals surface area contributed by atoms with Crippen LogP contribution in [0, 0.1) is 6.92 Å². The number of fused-ring (bicyclic) bond motifs is 1. The predicted molar refractivity (Wildman–Crippen MR) is 95.7 cm³/mol. The van der Waals surface area contributed by atoms with Crippen molar-refractivity contribution in [1.82, 2.24) is 4.98 Å². The molecule has 1 aliphatic rings. The fourth-order valence-electron chi connectivity index (χ4n) is 2.54. The van der Waals surface area contributed by atoms with Gasteiger partial charge in [-0.05, 0) is 49.2 Å². The van der Waals surface area contributed by atoms with Crippen LogP contribution in [0.25, 0.3) is 6.08 Å². The number of hydrogen-bond acceptors (Lipinski definition) is 5. The largest absolute Gasteiger partial charge is 0.444 e. The zero-order chi connectivity index (χ0) is 15.7. The molecule has 3 nitrogen and oxygen atoms in total. The van der Waals surface area contributed by atoms with E-state index in [0.717, 1.165) is 50.2 Å². The van der Waals surface area contributed by atoms with E-state index >= 15 is 0 Å². The molecule has 0 atom stereocenters. The van der Waals surface area contributed by atoms with Crippen LogP contribution < -0.4 is 10.5 Å². The van der Waals surface area contributed by atoms with Gasteiger partial charge in [-0.25, -0.2) is 0 Å². The molecule has 112 valence electrons. The fraction of sp³-hybridized carbons (Fsp3) is 0.176. The van der Waals surface area contributed by atoms with Gasteiger partial charge in [-0.1, -0.05) is 36.2 Å². The van der Waals surface area contributed by atoms with Crippen LogP contribution >= 0.6 is 23.6 Å². The van der Waals surface area contributed by atoms with Crippen molar-refractivity contribution in [2.45, 2.75) is 19.8 Å². The van der Waals surface area contributed by atoms with E-state index in [0.29, 0.717) is 0 Å². The van der Waals surface area contributed by atoms with Gasteiger partial charge in [0.25, 0.3) is 0 Å². The van der Waals surface area contributed by atoms with Gasteiger partial charge in [0.15, 0.2) is 5.06 Å². The summed E-state index contributed by atoms with van der Waals surface area (Å²) < 4.78 is 6.11. The molecule has 0 fully saturated rings. The Kier molecular flexibility index (Phi) is 4.09. The first-order chi connectivity index (χ1) is 10.7. The number of nitrogens with zero attached hydrogens (tertiary/aromatic N) is 1. The number of ether oxygens (including phenoxy) is 1. The SMILES string of the molecule is C=Cc1sc(Oc2cccnc2C)c2c1CCC(=CN)C2=S. The lowest BCUT2D eigenvalue weighted by Crippen LogP contribution is -2.14. The highest BCUT2D eigenvalue weighted by Crippen LogP contribution is 2.44. The summed E-state index contributed by atoms with van der Waals surface area (Å²) in [6.45, 7) is 5.83. The molecule has 0 unspecified atom stereocenters. The van der Waals surface area contributed by atoms with Gasteiger partial charge in [-0.15, -0.1) is 0 Å². The third kappa shape index (κ3) is 2.46. The Morgan fingerprint density at radius 2 is 2.27 bits per heavy atom. The molecule has 2 N–H and O–H groups in total. The molecule has 2 aromatic heterocycles. The van der Waals surface area contributed by atoms with Gasteiger partial charge in [0.2, 0.25) is 0 Å². The lowest BCUT2D eigenvalue weighted by molar-refractivity contribution is 0.488. The number of aryl methyl sites for hydroxylation is 1. The van der Waals surface area contributed by atoms with Crippen LogP contribution in [0.2, 0.25) is 0 Å². The first-order valence-corrected chi connectivity index (χ1v) is 8.21. The number of thiophene rings is 1. The maximum Gasteiger partial charge on any atom is 0.190 e. The van der Waals surface area contributed by atoms with Crippen LogP contribution in [-0.2, 0) is 6.42 Å². The van der Waals surface area contributed by atoms with E-state index in [1.807, 2.05) is 25.1 Å². The van der Waals surface area contributed by atoms with Crippen LogP contribution in [0.3, 0.4) is 0 Å². The van der Waals surface area contributed by atoms with Crippen molar-refractivity contribution in [1.29, 1.82) is 0 Å². The standard InChI is InChI=1S/C17H16N2OS2/c1-3-14-12-7-6-11(9-18)16(21)15(12)17(22-14)20-13-5-4-8-19-10(13)2/h3-5,8-9H,1,6-7,18H2,2H3. The Hall–Kier alpha value is -1.98. The highest BCUT2D eigenvalue weighted by atomic mass is 32.1. The van der Waals surface area contributed by atoms with E-state index in [2.05, 4.69) is 11.6 Å². The quantitative estimate of drug-likeness (QED) is 0.670. The summed E-state index contributed by atoms with van der Waals surface area (Å²) in [4.78, 5) is 6.16. The topological polar surface area (TPSA) is 48.1 Å². The van der Waals surface area contributed by atoms with E-state index in [-0.39, 0.29) is 0 Å². The monoisotopic (exact) mass is 328 g/mol. The third-order valence-electron chi connectivity index (χ3n) is 3.72. The second-order valence-electron chi connectivity index (χ2n) is 5.02. The van der Waals surface area contributed by atoms with Crippen molar-refractivity contribution in [3.05, 3.63) is 58.4 Å². The van der Waals surface area contributed by atoms with Gasteiger partial charge in [-0.2, -0.15) is 0 Å². The van der Waals surface area contributed by atoms with Crippen LogP contribution in [0.5, 0.6) is 10.8 Å². The van der Waals surface area contributed by atoms with E-state index in [4.69, 9.17) is 22.7 Å². The molecular weight excluding hydrogens is 312 g/mol. The fourth-order valence-corrected chi connectivity index (χ4v) is 4.06. The number of hydrogen-bond donors (Lipinski definition) is 1. The lowest BCUT2D eigenvalue weighted by atomic mass is 9.89. The molecule has 5 heteroatoms. The Morgan fingerprint density at radius 3 is 2.95 bits per heavy atom. The Bertz CT molecular complexity index is 790. The maximum atomic E-state index is 6.11. The number of pyridine rings is 1. The highest BCUT2D eigenvalue weighted by Gasteiger charge is 2.27. The minimum atomic E-state index is 0.744. The zero-order valence-corrected chi connectivity index (χ0v) is 13.9. The molecule has 0 aliphatic heterocycles.